The lowest BCUT2D eigenvalue weighted by atomic mass is 10.0. The van der Waals surface area contributed by atoms with E-state index in [1.807, 2.05) is 49.4 Å². The Bertz CT molecular complexity index is 1140. The van der Waals surface area contributed by atoms with Gasteiger partial charge in [0.25, 0.3) is 0 Å². The van der Waals surface area contributed by atoms with Gasteiger partial charge >= 0.3 is 5.97 Å². The first kappa shape index (κ1) is 33.4. The van der Waals surface area contributed by atoms with Crippen molar-refractivity contribution in [2.45, 2.75) is 110 Å². The maximum Gasteiger partial charge on any atom is 0.343 e. The number of esters is 1. The Kier molecular flexibility index (Phi) is 15.8. The third-order valence-electron chi connectivity index (χ3n) is 7.81. The number of para-hydroxylation sites is 2. The van der Waals surface area contributed by atoms with Gasteiger partial charge in [-0.1, -0.05) is 133 Å². The number of hydrogen-bond donors (Lipinski definition) is 0. The van der Waals surface area contributed by atoms with Crippen molar-refractivity contribution in [3.05, 3.63) is 83.9 Å². The van der Waals surface area contributed by atoms with Crippen molar-refractivity contribution in [3.63, 3.8) is 0 Å². The van der Waals surface area contributed by atoms with Gasteiger partial charge in [-0.05, 0) is 61.2 Å². The van der Waals surface area contributed by atoms with Crippen molar-refractivity contribution >= 4 is 5.97 Å². The molecule has 1 atom stereocenters. The van der Waals surface area contributed by atoms with Gasteiger partial charge < -0.3 is 14.2 Å². The zero-order valence-electron chi connectivity index (χ0n) is 26.2. The van der Waals surface area contributed by atoms with E-state index in [0.29, 0.717) is 30.3 Å². The molecule has 0 amide bonds. The van der Waals surface area contributed by atoms with Gasteiger partial charge in [0, 0.05) is 6.61 Å². The zero-order valence-corrected chi connectivity index (χ0v) is 26.2. The van der Waals surface area contributed by atoms with Gasteiger partial charge in [-0.2, -0.15) is 0 Å². The smallest absolute Gasteiger partial charge is 0.343 e. The molecule has 3 aromatic rings. The topological polar surface area (TPSA) is 44.8 Å². The molecule has 0 fully saturated rings. The summed E-state index contributed by atoms with van der Waals surface area (Å²) in [5.74, 6) is 0.683. The van der Waals surface area contributed by atoms with Crippen LogP contribution in [-0.4, -0.2) is 19.2 Å². The van der Waals surface area contributed by atoms with Crippen LogP contribution >= 0.6 is 0 Å². The van der Waals surface area contributed by atoms with E-state index in [0.717, 1.165) is 23.1 Å². The third-order valence-corrected chi connectivity index (χ3v) is 7.81. The van der Waals surface area contributed by atoms with E-state index in [4.69, 9.17) is 14.2 Å². The van der Waals surface area contributed by atoms with E-state index in [9.17, 15) is 4.79 Å². The fourth-order valence-electron chi connectivity index (χ4n) is 5.21. The monoisotopic (exact) mass is 572 g/mol. The summed E-state index contributed by atoms with van der Waals surface area (Å²) in [6.45, 7) is 7.65. The molecule has 3 aromatic carbocycles. The van der Waals surface area contributed by atoms with E-state index in [2.05, 4.69) is 38.1 Å². The average molecular weight is 573 g/mol. The molecule has 0 aliphatic carbocycles. The maximum absolute atomic E-state index is 12.9. The van der Waals surface area contributed by atoms with Crippen LogP contribution in [-0.2, 0) is 4.74 Å². The molecular formula is C38H52O4. The van der Waals surface area contributed by atoms with Crippen LogP contribution in [0.3, 0.4) is 0 Å². The summed E-state index contributed by atoms with van der Waals surface area (Å²) in [5.41, 5.74) is 3.79. The summed E-state index contributed by atoms with van der Waals surface area (Å²) in [4.78, 5) is 12.9. The molecule has 0 spiro atoms. The number of carbonyl (C=O) groups excluding carboxylic acids is 1. The number of carbonyl (C=O) groups is 1. The molecule has 42 heavy (non-hydrogen) atoms. The molecule has 0 heterocycles. The normalized spacial score (nSPS) is 11.8. The van der Waals surface area contributed by atoms with E-state index in [1.54, 1.807) is 6.07 Å². The van der Waals surface area contributed by atoms with E-state index in [1.165, 1.54) is 77.0 Å². The Labute approximate surface area is 254 Å². The van der Waals surface area contributed by atoms with E-state index < -0.39 is 0 Å². The first-order valence-electron chi connectivity index (χ1n) is 16.4. The van der Waals surface area contributed by atoms with Crippen LogP contribution in [0.5, 0.6) is 11.5 Å². The van der Waals surface area contributed by atoms with Crippen LogP contribution in [0.4, 0.5) is 0 Å². The van der Waals surface area contributed by atoms with Crippen molar-refractivity contribution in [3.8, 4) is 22.6 Å². The highest BCUT2D eigenvalue weighted by Gasteiger charge is 2.13. The largest absolute Gasteiger partial charge is 0.490 e. The van der Waals surface area contributed by atoms with Crippen LogP contribution < -0.4 is 9.47 Å². The standard InChI is InChI=1S/C38H52O4/c1-4-6-7-8-9-10-11-12-13-14-15-16-19-30-41-36-20-17-18-21-37(36)42-38(39)35-28-26-34(27-29-35)33-24-22-32(23-25-33)31(3)40-5-2/h17-18,20-29,31H,4-16,19,30H2,1-3H3. The molecule has 228 valence electrons. The number of benzene rings is 3. The molecule has 0 saturated carbocycles. The van der Waals surface area contributed by atoms with Gasteiger partial charge in [0.2, 0.25) is 0 Å². The predicted octanol–water partition coefficient (Wildman–Crippen LogP) is 11.1. The molecule has 0 radical (unpaired) electrons. The second-order valence-corrected chi connectivity index (χ2v) is 11.2. The SMILES string of the molecule is CCCCCCCCCCCCCCCOc1ccccc1OC(=O)c1ccc(-c2ccc(C(C)OCC)cc2)cc1. The minimum Gasteiger partial charge on any atom is -0.490 e. The summed E-state index contributed by atoms with van der Waals surface area (Å²) in [6, 6.07) is 23.3. The lowest BCUT2D eigenvalue weighted by Crippen LogP contribution is -2.09. The van der Waals surface area contributed by atoms with Gasteiger partial charge in [-0.15, -0.1) is 0 Å². The average Bonchev–Trinajstić information content (AvgIpc) is 3.02. The van der Waals surface area contributed by atoms with E-state index >= 15 is 0 Å². The summed E-state index contributed by atoms with van der Waals surface area (Å²) >= 11 is 0. The molecule has 0 aromatic heterocycles. The number of hydrogen-bond acceptors (Lipinski definition) is 4. The van der Waals surface area contributed by atoms with Crippen molar-refractivity contribution in [2.75, 3.05) is 13.2 Å². The van der Waals surface area contributed by atoms with Crippen molar-refractivity contribution in [1.82, 2.24) is 0 Å². The fourth-order valence-corrected chi connectivity index (χ4v) is 5.21. The van der Waals surface area contributed by atoms with Crippen LogP contribution in [0.15, 0.2) is 72.8 Å². The zero-order chi connectivity index (χ0) is 29.8. The van der Waals surface area contributed by atoms with Crippen LogP contribution in [0.1, 0.15) is 126 Å². The molecule has 0 aliphatic heterocycles. The second-order valence-electron chi connectivity index (χ2n) is 11.2. The van der Waals surface area contributed by atoms with Gasteiger partial charge in [0.05, 0.1) is 18.3 Å². The van der Waals surface area contributed by atoms with Gasteiger partial charge in [-0.3, -0.25) is 0 Å². The van der Waals surface area contributed by atoms with Gasteiger partial charge in [-0.25, -0.2) is 4.79 Å². The summed E-state index contributed by atoms with van der Waals surface area (Å²) in [7, 11) is 0. The van der Waals surface area contributed by atoms with Crippen molar-refractivity contribution in [1.29, 1.82) is 0 Å². The minimum atomic E-state index is -0.389. The number of unbranched alkanes of at least 4 members (excludes halogenated alkanes) is 12. The van der Waals surface area contributed by atoms with Gasteiger partial charge in [0.15, 0.2) is 11.5 Å². The molecule has 1 unspecified atom stereocenters. The molecule has 0 saturated heterocycles. The molecule has 4 nitrogen and oxygen atoms in total. The summed E-state index contributed by atoms with van der Waals surface area (Å²) in [5, 5.41) is 0. The van der Waals surface area contributed by atoms with Crippen molar-refractivity contribution < 1.29 is 19.0 Å². The van der Waals surface area contributed by atoms with Crippen LogP contribution in [0, 0.1) is 0 Å². The number of ether oxygens (including phenoxy) is 3. The Morgan fingerprint density at radius 3 is 1.67 bits per heavy atom. The molecule has 3 rings (SSSR count). The highest BCUT2D eigenvalue weighted by atomic mass is 16.6. The Balaban J connectivity index is 1.36. The Morgan fingerprint density at radius 1 is 0.619 bits per heavy atom. The molecule has 0 N–H and O–H groups in total. The minimum absolute atomic E-state index is 0.0717. The molecule has 4 heteroatoms. The molecule has 0 bridgehead atoms. The third kappa shape index (κ3) is 12.0. The second kappa shape index (κ2) is 19.9. The van der Waals surface area contributed by atoms with Gasteiger partial charge in [0.1, 0.15) is 0 Å². The summed E-state index contributed by atoms with van der Waals surface area (Å²) in [6.07, 6.45) is 17.2. The molecule has 0 aliphatic rings. The Morgan fingerprint density at radius 2 is 1.12 bits per heavy atom. The lowest BCUT2D eigenvalue weighted by Gasteiger charge is -2.13. The summed E-state index contributed by atoms with van der Waals surface area (Å²) < 4.78 is 17.4. The predicted molar refractivity (Wildman–Crippen MR) is 175 cm³/mol. The first-order chi connectivity index (χ1) is 20.6. The Hall–Kier alpha value is -3.11. The van der Waals surface area contributed by atoms with Crippen LogP contribution in [0.2, 0.25) is 0 Å². The van der Waals surface area contributed by atoms with Crippen molar-refractivity contribution in [2.24, 2.45) is 0 Å². The lowest BCUT2D eigenvalue weighted by molar-refractivity contribution is 0.0727. The quantitative estimate of drug-likeness (QED) is 0.0723. The maximum atomic E-state index is 12.9. The van der Waals surface area contributed by atoms with Crippen LogP contribution in [0.25, 0.3) is 11.1 Å². The highest BCUT2D eigenvalue weighted by Crippen LogP contribution is 2.29. The highest BCUT2D eigenvalue weighted by molar-refractivity contribution is 5.92. The fraction of sp³-hybridized carbons (Fsp3) is 0.500. The van der Waals surface area contributed by atoms with E-state index in [-0.39, 0.29) is 12.1 Å². The first-order valence-corrected chi connectivity index (χ1v) is 16.4. The number of rotatable bonds is 21. The molecular weight excluding hydrogens is 520 g/mol.